The van der Waals surface area contributed by atoms with E-state index >= 15 is 0 Å². The number of nitrogens with zero attached hydrogens (tertiary/aromatic N) is 1. The highest BCUT2D eigenvalue weighted by Gasteiger charge is 2.20. The predicted molar refractivity (Wildman–Crippen MR) is 90.2 cm³/mol. The van der Waals surface area contributed by atoms with Crippen LogP contribution in [0.25, 0.3) is 0 Å². The number of allylic oxidation sites excluding steroid dienone is 1. The number of carboxylic acid groups (broad SMARTS) is 1. The number of carbonyl (C=O) groups is 1. The van der Waals surface area contributed by atoms with Gasteiger partial charge in [-0.25, -0.2) is 4.79 Å². The third kappa shape index (κ3) is 3.95. The highest BCUT2D eigenvalue weighted by Crippen LogP contribution is 2.33. The number of carboxylic acids is 1. The predicted octanol–water partition coefficient (Wildman–Crippen LogP) is 2.50. The fourth-order valence-electron chi connectivity index (χ4n) is 2.49. The summed E-state index contributed by atoms with van der Waals surface area (Å²) in [5.74, 6) is -2.48. The summed E-state index contributed by atoms with van der Waals surface area (Å²) in [4.78, 5) is 12.9. The van der Waals surface area contributed by atoms with Gasteiger partial charge in [-0.3, -0.25) is 0 Å². The van der Waals surface area contributed by atoms with Crippen LogP contribution in [0.4, 0.5) is 0 Å². The summed E-state index contributed by atoms with van der Waals surface area (Å²) >= 11 is 0. The fraction of sp³-hybridized carbons (Fsp3) is 0.167. The molecule has 132 valence electrons. The second kappa shape index (κ2) is 7.48. The van der Waals surface area contributed by atoms with Crippen LogP contribution in [-0.4, -0.2) is 36.4 Å². The number of rotatable bonds is 6. The van der Waals surface area contributed by atoms with E-state index in [1.165, 1.54) is 35.2 Å². The van der Waals surface area contributed by atoms with Gasteiger partial charge in [0.05, 0.1) is 0 Å². The summed E-state index contributed by atoms with van der Waals surface area (Å²) in [6.07, 6.45) is 1.39. The minimum absolute atomic E-state index is 0.0265. The Morgan fingerprint density at radius 1 is 0.920 bits per heavy atom. The molecule has 7 heteroatoms. The molecule has 7 nitrogen and oxygen atoms in total. The largest absolute Gasteiger partial charge is 0.504 e. The number of phenolic OH excluding ortho intramolecular Hbond substituents is 4. The Balaban J connectivity index is 2.41. The quantitative estimate of drug-likeness (QED) is 0.403. The van der Waals surface area contributed by atoms with Gasteiger partial charge in [-0.2, -0.15) is 0 Å². The van der Waals surface area contributed by atoms with E-state index in [0.29, 0.717) is 11.1 Å². The van der Waals surface area contributed by atoms with E-state index in [1.807, 2.05) is 0 Å². The van der Waals surface area contributed by atoms with Crippen LogP contribution in [0.5, 0.6) is 23.0 Å². The summed E-state index contributed by atoms with van der Waals surface area (Å²) in [6.45, 7) is 1.50. The Morgan fingerprint density at radius 3 is 1.72 bits per heavy atom. The molecule has 0 unspecified atom stereocenters. The van der Waals surface area contributed by atoms with Crippen LogP contribution in [0.15, 0.2) is 48.2 Å². The molecule has 0 spiro atoms. The first-order valence-corrected chi connectivity index (χ1v) is 7.49. The van der Waals surface area contributed by atoms with Crippen molar-refractivity contribution in [2.45, 2.75) is 20.0 Å². The molecule has 5 N–H and O–H groups in total. The summed E-state index contributed by atoms with van der Waals surface area (Å²) in [6, 6.07) is 8.81. The first-order chi connectivity index (χ1) is 11.8. The van der Waals surface area contributed by atoms with Gasteiger partial charge in [0.25, 0.3) is 0 Å². The van der Waals surface area contributed by atoms with Crippen molar-refractivity contribution in [3.05, 3.63) is 59.3 Å². The number of hydrogen-bond acceptors (Lipinski definition) is 6. The third-order valence-corrected chi connectivity index (χ3v) is 3.75. The van der Waals surface area contributed by atoms with Crippen molar-refractivity contribution >= 4 is 5.97 Å². The molecule has 0 aliphatic heterocycles. The van der Waals surface area contributed by atoms with Crippen molar-refractivity contribution in [3.63, 3.8) is 0 Å². The van der Waals surface area contributed by atoms with Crippen LogP contribution >= 0.6 is 0 Å². The van der Waals surface area contributed by atoms with Gasteiger partial charge in [0.15, 0.2) is 23.0 Å². The smallest absolute Gasteiger partial charge is 0.351 e. The van der Waals surface area contributed by atoms with E-state index in [2.05, 4.69) is 0 Å². The summed E-state index contributed by atoms with van der Waals surface area (Å²) in [5, 5.41) is 48.6. The van der Waals surface area contributed by atoms with Crippen molar-refractivity contribution < 1.29 is 30.3 Å². The van der Waals surface area contributed by atoms with Gasteiger partial charge < -0.3 is 30.4 Å². The SMILES string of the molecule is C/C=C(/C(=O)O)N(Cc1cccc(O)c1O)Cc1cccc(O)c1O. The number of aliphatic carboxylic acids is 1. The van der Waals surface area contributed by atoms with E-state index in [1.54, 1.807) is 19.1 Å². The molecule has 2 rings (SSSR count). The van der Waals surface area contributed by atoms with Crippen molar-refractivity contribution in [2.75, 3.05) is 0 Å². The zero-order chi connectivity index (χ0) is 18.6. The van der Waals surface area contributed by atoms with Gasteiger partial charge in [0.1, 0.15) is 5.70 Å². The maximum atomic E-state index is 11.5. The van der Waals surface area contributed by atoms with Gasteiger partial charge in [0.2, 0.25) is 0 Å². The lowest BCUT2D eigenvalue weighted by Crippen LogP contribution is -2.27. The Hall–Kier alpha value is -3.35. The standard InChI is InChI=1S/C18H19NO6/c1-2-13(18(24)25)19(9-11-5-3-7-14(20)16(11)22)10-12-6-4-8-15(21)17(12)23/h2-8,20-23H,9-10H2,1H3,(H,24,25)/b13-2-. The average Bonchev–Trinajstić information content (AvgIpc) is 2.56. The summed E-state index contributed by atoms with van der Waals surface area (Å²) in [7, 11) is 0. The van der Waals surface area contributed by atoms with Gasteiger partial charge in [-0.1, -0.05) is 30.3 Å². The molecule has 25 heavy (non-hydrogen) atoms. The molecule has 0 aliphatic rings. The molecule has 0 aliphatic carbocycles. The zero-order valence-corrected chi connectivity index (χ0v) is 13.5. The Morgan fingerprint density at radius 2 is 1.36 bits per heavy atom. The molecule has 0 atom stereocenters. The lowest BCUT2D eigenvalue weighted by Gasteiger charge is -2.26. The molecule has 0 fully saturated rings. The van der Waals surface area contributed by atoms with Crippen LogP contribution in [-0.2, 0) is 17.9 Å². The second-order valence-corrected chi connectivity index (χ2v) is 5.40. The number of hydrogen-bond donors (Lipinski definition) is 5. The van der Waals surface area contributed by atoms with Crippen molar-refractivity contribution in [3.8, 4) is 23.0 Å². The van der Waals surface area contributed by atoms with E-state index in [0.717, 1.165) is 0 Å². The minimum atomic E-state index is -1.18. The second-order valence-electron chi connectivity index (χ2n) is 5.40. The molecular weight excluding hydrogens is 326 g/mol. The number of benzene rings is 2. The van der Waals surface area contributed by atoms with Gasteiger partial charge >= 0.3 is 5.97 Å². The Labute approximate surface area is 144 Å². The lowest BCUT2D eigenvalue weighted by molar-refractivity contribution is -0.134. The highest BCUT2D eigenvalue weighted by molar-refractivity contribution is 5.85. The summed E-state index contributed by atoms with van der Waals surface area (Å²) < 4.78 is 0. The molecule has 2 aromatic rings. The molecule has 2 aromatic carbocycles. The van der Waals surface area contributed by atoms with E-state index < -0.39 is 5.97 Å². The minimum Gasteiger partial charge on any atom is -0.504 e. The number of phenols is 4. The highest BCUT2D eigenvalue weighted by atomic mass is 16.4. The maximum Gasteiger partial charge on any atom is 0.351 e. The molecule has 0 saturated heterocycles. The molecule has 0 heterocycles. The van der Waals surface area contributed by atoms with Crippen molar-refractivity contribution in [2.24, 2.45) is 0 Å². The molecule has 0 saturated carbocycles. The van der Waals surface area contributed by atoms with Crippen LogP contribution in [0, 0.1) is 0 Å². The van der Waals surface area contributed by atoms with Gasteiger partial charge in [-0.15, -0.1) is 0 Å². The van der Waals surface area contributed by atoms with Crippen LogP contribution in [0.1, 0.15) is 18.1 Å². The Kier molecular flexibility index (Phi) is 5.38. The lowest BCUT2D eigenvalue weighted by atomic mass is 10.1. The zero-order valence-electron chi connectivity index (χ0n) is 13.5. The van der Waals surface area contributed by atoms with E-state index in [9.17, 15) is 30.3 Å². The summed E-state index contributed by atoms with van der Waals surface area (Å²) in [5.41, 5.74) is 0.589. The fourth-order valence-corrected chi connectivity index (χ4v) is 2.49. The van der Waals surface area contributed by atoms with Crippen molar-refractivity contribution in [1.29, 1.82) is 0 Å². The van der Waals surface area contributed by atoms with Crippen molar-refractivity contribution in [1.82, 2.24) is 4.90 Å². The van der Waals surface area contributed by atoms with Crippen LogP contribution in [0.3, 0.4) is 0 Å². The molecule has 0 amide bonds. The first-order valence-electron chi connectivity index (χ1n) is 7.49. The molecule has 0 radical (unpaired) electrons. The maximum absolute atomic E-state index is 11.5. The topological polar surface area (TPSA) is 121 Å². The number of para-hydroxylation sites is 2. The monoisotopic (exact) mass is 345 g/mol. The Bertz CT molecular complexity index is 762. The van der Waals surface area contributed by atoms with Gasteiger partial charge in [0, 0.05) is 24.2 Å². The normalized spacial score (nSPS) is 11.3. The van der Waals surface area contributed by atoms with E-state index in [-0.39, 0.29) is 41.8 Å². The third-order valence-electron chi connectivity index (χ3n) is 3.75. The first kappa shape index (κ1) is 18.0. The average molecular weight is 345 g/mol. The van der Waals surface area contributed by atoms with Gasteiger partial charge in [-0.05, 0) is 19.1 Å². The molecule has 0 aromatic heterocycles. The van der Waals surface area contributed by atoms with Crippen LogP contribution in [0.2, 0.25) is 0 Å². The van der Waals surface area contributed by atoms with Crippen LogP contribution < -0.4 is 0 Å². The molecule has 0 bridgehead atoms. The number of aromatic hydroxyl groups is 4. The molecular formula is C18H19NO6. The van der Waals surface area contributed by atoms with E-state index in [4.69, 9.17) is 0 Å².